The van der Waals surface area contributed by atoms with Gasteiger partial charge in [0.15, 0.2) is 23.7 Å². The van der Waals surface area contributed by atoms with Crippen LogP contribution in [0.2, 0.25) is 0 Å². The Morgan fingerprint density at radius 1 is 1.39 bits per heavy atom. The number of ether oxygens (including phenoxy) is 2. The molecule has 0 amide bonds. The zero-order chi connectivity index (χ0) is 13.9. The molecule has 0 heterocycles. The van der Waals surface area contributed by atoms with Crippen molar-refractivity contribution in [3.05, 3.63) is 23.8 Å². The normalized spacial score (nSPS) is 13.4. The number of benzene rings is 1. The summed E-state index contributed by atoms with van der Waals surface area (Å²) >= 11 is 0. The lowest BCUT2D eigenvalue weighted by Crippen LogP contribution is -2.20. The van der Waals surface area contributed by atoms with Crippen LogP contribution in [0, 0.1) is 11.6 Å². The van der Waals surface area contributed by atoms with E-state index in [0.717, 1.165) is 0 Å². The van der Waals surface area contributed by atoms with E-state index in [-0.39, 0.29) is 0 Å². The zero-order valence-electron chi connectivity index (χ0n) is 9.06. The van der Waals surface area contributed by atoms with Crippen molar-refractivity contribution >= 4 is 19.7 Å². The Kier molecular flexibility index (Phi) is 4.85. The molecule has 0 aliphatic heterocycles. The molecule has 1 N–H and O–H groups in total. The van der Waals surface area contributed by atoms with E-state index in [1.165, 1.54) is 7.11 Å². The van der Waals surface area contributed by atoms with Crippen LogP contribution in [-0.2, 0) is 13.8 Å². The maximum atomic E-state index is 13.4. The van der Waals surface area contributed by atoms with Crippen LogP contribution in [0.1, 0.15) is 0 Å². The fourth-order valence-electron chi connectivity index (χ4n) is 1.04. The van der Waals surface area contributed by atoms with E-state index in [4.69, 9.17) is 15.8 Å². The van der Waals surface area contributed by atoms with E-state index >= 15 is 0 Å². The third kappa shape index (κ3) is 3.77. The molecule has 0 saturated carbocycles. The fraction of sp³-hybridized carbons (Fsp3) is 0.333. The quantitative estimate of drug-likeness (QED) is 0.654. The van der Waals surface area contributed by atoms with Crippen molar-refractivity contribution in [1.29, 1.82) is 0 Å². The molecular weight excluding hydrogens is 294 g/mol. The molecule has 0 fully saturated rings. The van der Waals surface area contributed by atoms with E-state index < -0.39 is 44.2 Å². The Labute approximate surface area is 106 Å². The van der Waals surface area contributed by atoms with Gasteiger partial charge in [0.05, 0.1) is 4.90 Å². The summed E-state index contributed by atoms with van der Waals surface area (Å²) in [6.07, 6.45) is -1.36. The molecule has 1 aromatic carbocycles. The Balaban J connectivity index is 3.02. The highest BCUT2D eigenvalue weighted by molar-refractivity contribution is 8.13. The first-order valence-electron chi connectivity index (χ1n) is 4.53. The standard InChI is InChI=1S/C9H9ClF2O5S/c1-16-8(13)4-17-9-6(11)2-5(3-7(9)12)18(10,14)15/h2-3,8,13H,4H2,1H3. The number of hydrogen-bond donors (Lipinski definition) is 1. The van der Waals surface area contributed by atoms with Crippen molar-refractivity contribution in [2.24, 2.45) is 0 Å². The first kappa shape index (κ1) is 15.1. The number of hydrogen-bond acceptors (Lipinski definition) is 5. The summed E-state index contributed by atoms with van der Waals surface area (Å²) in [5.41, 5.74) is 0. The van der Waals surface area contributed by atoms with Gasteiger partial charge in [0.1, 0.15) is 6.61 Å². The monoisotopic (exact) mass is 302 g/mol. The SMILES string of the molecule is COC(O)COc1c(F)cc(S(=O)(=O)Cl)cc1F. The van der Waals surface area contributed by atoms with Crippen LogP contribution in [0.25, 0.3) is 0 Å². The number of halogens is 3. The molecule has 0 spiro atoms. The lowest BCUT2D eigenvalue weighted by atomic mass is 10.3. The minimum absolute atomic E-state index is 0.514. The van der Waals surface area contributed by atoms with Gasteiger partial charge in [-0.1, -0.05) is 0 Å². The first-order chi connectivity index (χ1) is 8.25. The molecule has 18 heavy (non-hydrogen) atoms. The molecule has 0 aromatic heterocycles. The van der Waals surface area contributed by atoms with Gasteiger partial charge < -0.3 is 14.6 Å². The maximum Gasteiger partial charge on any atom is 0.261 e. The fourth-order valence-corrected chi connectivity index (χ4v) is 1.79. The summed E-state index contributed by atoms with van der Waals surface area (Å²) in [6, 6.07) is 1.03. The van der Waals surface area contributed by atoms with Gasteiger partial charge in [-0.25, -0.2) is 17.2 Å². The van der Waals surface area contributed by atoms with E-state index in [9.17, 15) is 17.2 Å². The van der Waals surface area contributed by atoms with Gasteiger partial charge in [-0.3, -0.25) is 0 Å². The zero-order valence-corrected chi connectivity index (χ0v) is 10.6. The largest absolute Gasteiger partial charge is 0.482 e. The maximum absolute atomic E-state index is 13.4. The van der Waals surface area contributed by atoms with Gasteiger partial charge in [0, 0.05) is 17.8 Å². The molecule has 0 aliphatic carbocycles. The van der Waals surface area contributed by atoms with Gasteiger partial charge in [-0.15, -0.1) is 0 Å². The second kappa shape index (κ2) is 5.79. The molecule has 102 valence electrons. The smallest absolute Gasteiger partial charge is 0.261 e. The number of aliphatic hydroxyl groups is 1. The molecule has 0 radical (unpaired) electrons. The second-order valence-corrected chi connectivity index (χ2v) is 5.72. The predicted molar refractivity (Wildman–Crippen MR) is 57.9 cm³/mol. The topological polar surface area (TPSA) is 72.8 Å². The molecule has 1 aromatic rings. The second-order valence-electron chi connectivity index (χ2n) is 3.16. The highest BCUT2D eigenvalue weighted by Crippen LogP contribution is 2.27. The van der Waals surface area contributed by atoms with Crippen molar-refractivity contribution < 1.29 is 31.8 Å². The Morgan fingerprint density at radius 2 is 1.89 bits per heavy atom. The molecule has 9 heteroatoms. The van der Waals surface area contributed by atoms with Gasteiger partial charge in [-0.05, 0) is 12.1 Å². The van der Waals surface area contributed by atoms with Crippen molar-refractivity contribution in [3.63, 3.8) is 0 Å². The van der Waals surface area contributed by atoms with Gasteiger partial charge >= 0.3 is 0 Å². The molecule has 0 bridgehead atoms. The minimum Gasteiger partial charge on any atom is -0.482 e. The Bertz CT molecular complexity index is 511. The average Bonchev–Trinajstić information content (AvgIpc) is 2.26. The van der Waals surface area contributed by atoms with E-state index in [2.05, 4.69) is 9.47 Å². The van der Waals surface area contributed by atoms with Crippen LogP contribution in [0.4, 0.5) is 8.78 Å². The molecule has 0 aliphatic rings. The highest BCUT2D eigenvalue weighted by atomic mass is 35.7. The Hall–Kier alpha value is -0.960. The van der Waals surface area contributed by atoms with Crippen molar-refractivity contribution in [2.75, 3.05) is 13.7 Å². The lowest BCUT2D eigenvalue weighted by molar-refractivity contribution is -0.0977. The molecule has 0 saturated heterocycles. The highest BCUT2D eigenvalue weighted by Gasteiger charge is 2.19. The summed E-state index contributed by atoms with van der Waals surface area (Å²) < 4.78 is 57.6. The van der Waals surface area contributed by atoms with Crippen LogP contribution in [0.3, 0.4) is 0 Å². The van der Waals surface area contributed by atoms with E-state index in [0.29, 0.717) is 12.1 Å². The number of methoxy groups -OCH3 is 1. The third-order valence-electron chi connectivity index (χ3n) is 1.90. The summed E-state index contributed by atoms with van der Waals surface area (Å²) in [7, 11) is 1.88. The predicted octanol–water partition coefficient (Wildman–Crippen LogP) is 1.24. The van der Waals surface area contributed by atoms with Crippen LogP contribution < -0.4 is 4.74 Å². The van der Waals surface area contributed by atoms with Crippen LogP contribution in [-0.4, -0.2) is 33.5 Å². The summed E-state index contributed by atoms with van der Waals surface area (Å²) in [5.74, 6) is -3.33. The number of aliphatic hydroxyl groups excluding tert-OH is 1. The molecule has 1 atom stereocenters. The minimum atomic E-state index is -4.24. The first-order valence-corrected chi connectivity index (χ1v) is 6.84. The third-order valence-corrected chi connectivity index (χ3v) is 3.23. The van der Waals surface area contributed by atoms with Crippen LogP contribution in [0.15, 0.2) is 17.0 Å². The molecule has 1 rings (SSSR count). The number of rotatable bonds is 5. The Morgan fingerprint density at radius 3 is 2.28 bits per heavy atom. The van der Waals surface area contributed by atoms with Gasteiger partial charge in [-0.2, -0.15) is 0 Å². The van der Waals surface area contributed by atoms with E-state index in [1.54, 1.807) is 0 Å². The van der Waals surface area contributed by atoms with Gasteiger partial charge in [0.2, 0.25) is 0 Å². The lowest BCUT2D eigenvalue weighted by Gasteiger charge is -2.12. The van der Waals surface area contributed by atoms with Crippen LogP contribution >= 0.6 is 10.7 Å². The van der Waals surface area contributed by atoms with Crippen molar-refractivity contribution in [2.45, 2.75) is 11.2 Å². The van der Waals surface area contributed by atoms with Gasteiger partial charge in [0.25, 0.3) is 9.05 Å². The van der Waals surface area contributed by atoms with Crippen molar-refractivity contribution in [3.8, 4) is 5.75 Å². The average molecular weight is 303 g/mol. The molecule has 1 unspecified atom stereocenters. The molecule has 5 nitrogen and oxygen atoms in total. The molecular formula is C9H9ClF2O5S. The van der Waals surface area contributed by atoms with Crippen molar-refractivity contribution in [1.82, 2.24) is 0 Å². The summed E-state index contributed by atoms with van der Waals surface area (Å²) in [5, 5.41) is 8.98. The summed E-state index contributed by atoms with van der Waals surface area (Å²) in [4.78, 5) is -0.723. The summed E-state index contributed by atoms with van der Waals surface area (Å²) in [6.45, 7) is -0.517. The van der Waals surface area contributed by atoms with Crippen LogP contribution in [0.5, 0.6) is 5.75 Å². The van der Waals surface area contributed by atoms with E-state index in [1.807, 2.05) is 0 Å².